The van der Waals surface area contributed by atoms with Gasteiger partial charge >= 0.3 is 0 Å². The number of H-pyrrole nitrogens is 1. The summed E-state index contributed by atoms with van der Waals surface area (Å²) in [6, 6.07) is 14.7. The van der Waals surface area contributed by atoms with E-state index in [4.69, 9.17) is 0 Å². The number of nitrogens with zero attached hydrogens (tertiary/aromatic N) is 2. The van der Waals surface area contributed by atoms with Crippen LogP contribution >= 0.6 is 0 Å². The molecule has 0 bridgehead atoms. The Kier molecular flexibility index (Phi) is 4.70. The highest BCUT2D eigenvalue weighted by molar-refractivity contribution is 5.83. The molecule has 0 unspecified atom stereocenters. The average molecular weight is 349 g/mol. The van der Waals surface area contributed by atoms with Crippen LogP contribution in [-0.4, -0.2) is 47.7 Å². The summed E-state index contributed by atoms with van der Waals surface area (Å²) in [5.41, 5.74) is 6.15. The van der Waals surface area contributed by atoms with Crippen molar-refractivity contribution < 1.29 is 5.11 Å². The van der Waals surface area contributed by atoms with Crippen molar-refractivity contribution in [3.8, 4) is 0 Å². The van der Waals surface area contributed by atoms with Gasteiger partial charge in [-0.05, 0) is 37.1 Å². The van der Waals surface area contributed by atoms with Gasteiger partial charge in [-0.15, -0.1) is 0 Å². The third-order valence-electron chi connectivity index (χ3n) is 5.70. The average Bonchev–Trinajstić information content (AvgIpc) is 3.09. The van der Waals surface area contributed by atoms with Gasteiger partial charge in [0.1, 0.15) is 0 Å². The molecule has 1 aliphatic heterocycles. The first-order chi connectivity index (χ1) is 12.6. The number of hydrogen-bond acceptors (Lipinski definition) is 3. The maximum Gasteiger partial charge on any atom is 0.0937 e. The van der Waals surface area contributed by atoms with E-state index < -0.39 is 6.10 Å². The number of anilines is 1. The molecule has 26 heavy (non-hydrogen) atoms. The van der Waals surface area contributed by atoms with Crippen LogP contribution in [-0.2, 0) is 0 Å². The van der Waals surface area contributed by atoms with E-state index in [0.29, 0.717) is 6.54 Å². The molecule has 4 nitrogen and oxygen atoms in total. The van der Waals surface area contributed by atoms with Crippen LogP contribution in [0.2, 0.25) is 0 Å². The molecule has 2 aromatic carbocycles. The second-order valence-corrected chi connectivity index (χ2v) is 7.31. The van der Waals surface area contributed by atoms with Crippen molar-refractivity contribution in [3.63, 3.8) is 0 Å². The predicted octanol–water partition coefficient (Wildman–Crippen LogP) is 3.64. The second kappa shape index (κ2) is 7.14. The molecule has 136 valence electrons. The lowest BCUT2D eigenvalue weighted by Gasteiger charge is -2.37. The first kappa shape index (κ1) is 17.1. The topological polar surface area (TPSA) is 42.5 Å². The molecule has 2 N–H and O–H groups in total. The third-order valence-corrected chi connectivity index (χ3v) is 5.70. The Morgan fingerprint density at radius 1 is 1.00 bits per heavy atom. The van der Waals surface area contributed by atoms with Gasteiger partial charge < -0.3 is 15.0 Å². The number of nitrogens with one attached hydrogen (secondary N) is 1. The van der Waals surface area contributed by atoms with Crippen LogP contribution in [0.1, 0.15) is 22.8 Å². The fourth-order valence-corrected chi connectivity index (χ4v) is 3.96. The van der Waals surface area contributed by atoms with Crippen LogP contribution in [0.5, 0.6) is 0 Å². The predicted molar refractivity (Wildman–Crippen MR) is 108 cm³/mol. The van der Waals surface area contributed by atoms with Crippen molar-refractivity contribution in [2.24, 2.45) is 0 Å². The van der Waals surface area contributed by atoms with E-state index in [1.807, 2.05) is 18.3 Å². The lowest BCUT2D eigenvalue weighted by atomic mass is 10.1. The van der Waals surface area contributed by atoms with Crippen LogP contribution in [0.15, 0.2) is 48.7 Å². The second-order valence-electron chi connectivity index (χ2n) is 7.31. The van der Waals surface area contributed by atoms with Crippen molar-refractivity contribution in [2.45, 2.75) is 20.0 Å². The normalized spacial score (nSPS) is 17.0. The molecule has 4 heteroatoms. The zero-order valence-corrected chi connectivity index (χ0v) is 15.6. The van der Waals surface area contributed by atoms with Crippen LogP contribution < -0.4 is 4.90 Å². The fourth-order valence-electron chi connectivity index (χ4n) is 3.96. The van der Waals surface area contributed by atoms with E-state index in [9.17, 15) is 5.11 Å². The Balaban J connectivity index is 1.40. The van der Waals surface area contributed by atoms with Crippen molar-refractivity contribution >= 4 is 16.6 Å². The number of rotatable bonds is 4. The van der Waals surface area contributed by atoms with Gasteiger partial charge in [0.05, 0.1) is 6.10 Å². The number of hydrogen-bond donors (Lipinski definition) is 2. The molecule has 4 rings (SSSR count). The molecule has 1 atom stereocenters. The Morgan fingerprint density at radius 2 is 1.77 bits per heavy atom. The van der Waals surface area contributed by atoms with Gasteiger partial charge in [0.2, 0.25) is 0 Å². The molecule has 3 aromatic rings. The van der Waals surface area contributed by atoms with Crippen LogP contribution in [0.25, 0.3) is 10.9 Å². The number of aliphatic hydroxyl groups excluding tert-OH is 1. The number of benzene rings is 2. The van der Waals surface area contributed by atoms with E-state index in [-0.39, 0.29) is 0 Å². The molecule has 1 fully saturated rings. The highest BCUT2D eigenvalue weighted by Gasteiger charge is 2.22. The Labute approximate surface area is 155 Å². The van der Waals surface area contributed by atoms with Gasteiger partial charge in [-0.3, -0.25) is 4.90 Å². The van der Waals surface area contributed by atoms with Crippen molar-refractivity contribution in [3.05, 3.63) is 65.4 Å². The summed E-state index contributed by atoms with van der Waals surface area (Å²) in [5.74, 6) is 0. The summed E-state index contributed by atoms with van der Waals surface area (Å²) in [6.07, 6.45) is 1.49. The first-order valence-corrected chi connectivity index (χ1v) is 9.41. The highest BCUT2D eigenvalue weighted by Crippen LogP contribution is 2.26. The fraction of sp³-hybridized carbons (Fsp3) is 0.364. The number of piperazine rings is 1. The van der Waals surface area contributed by atoms with Crippen molar-refractivity contribution in [1.82, 2.24) is 9.88 Å². The SMILES string of the molecule is Cc1cccc(N2CCN(C[C@@H](O)c3c[nH]c4ccccc34)CC2)c1C. The van der Waals surface area contributed by atoms with E-state index in [0.717, 1.165) is 42.6 Å². The van der Waals surface area contributed by atoms with E-state index in [2.05, 4.69) is 59.0 Å². The molecule has 1 aliphatic rings. The zero-order chi connectivity index (χ0) is 18.1. The lowest BCUT2D eigenvalue weighted by Crippen LogP contribution is -2.47. The van der Waals surface area contributed by atoms with Crippen molar-refractivity contribution in [1.29, 1.82) is 0 Å². The Morgan fingerprint density at radius 3 is 2.58 bits per heavy atom. The standard InChI is InChI=1S/C22H27N3O/c1-16-6-5-9-21(17(16)2)25-12-10-24(11-13-25)15-22(26)19-14-23-20-8-4-3-7-18(19)20/h3-9,14,22-23,26H,10-13,15H2,1-2H3/t22-/m1/s1. The molecular weight excluding hydrogens is 322 g/mol. The molecule has 1 saturated heterocycles. The summed E-state index contributed by atoms with van der Waals surface area (Å²) >= 11 is 0. The quantitative estimate of drug-likeness (QED) is 0.756. The Bertz CT molecular complexity index is 893. The number of fused-ring (bicyclic) bond motifs is 1. The largest absolute Gasteiger partial charge is 0.387 e. The summed E-state index contributed by atoms with van der Waals surface area (Å²) in [5, 5.41) is 11.9. The third kappa shape index (κ3) is 3.22. The van der Waals surface area contributed by atoms with E-state index in [1.165, 1.54) is 16.8 Å². The number of aliphatic hydroxyl groups is 1. The minimum atomic E-state index is -0.460. The minimum absolute atomic E-state index is 0.460. The number of para-hydroxylation sites is 1. The highest BCUT2D eigenvalue weighted by atomic mass is 16.3. The molecule has 0 radical (unpaired) electrons. The molecule has 0 spiro atoms. The van der Waals surface area contributed by atoms with Gasteiger partial charge in [0.25, 0.3) is 0 Å². The van der Waals surface area contributed by atoms with Gasteiger partial charge in [-0.2, -0.15) is 0 Å². The van der Waals surface area contributed by atoms with Gasteiger partial charge in [0, 0.05) is 61.1 Å². The maximum absolute atomic E-state index is 10.7. The smallest absolute Gasteiger partial charge is 0.0937 e. The minimum Gasteiger partial charge on any atom is -0.387 e. The molecule has 0 saturated carbocycles. The Hall–Kier alpha value is -2.30. The van der Waals surface area contributed by atoms with E-state index >= 15 is 0 Å². The lowest BCUT2D eigenvalue weighted by molar-refractivity contribution is 0.110. The van der Waals surface area contributed by atoms with Gasteiger partial charge in [-0.1, -0.05) is 30.3 Å². The first-order valence-electron chi connectivity index (χ1n) is 9.41. The van der Waals surface area contributed by atoms with Crippen LogP contribution in [0, 0.1) is 13.8 Å². The molecule has 0 amide bonds. The zero-order valence-electron chi connectivity index (χ0n) is 15.6. The molecular formula is C22H27N3O. The molecule has 2 heterocycles. The van der Waals surface area contributed by atoms with Crippen molar-refractivity contribution in [2.75, 3.05) is 37.6 Å². The number of aromatic amines is 1. The number of β-amino-alcohol motifs (C(OH)–C–C–N with tert-alkyl or cyclic N) is 1. The number of aryl methyl sites for hydroxylation is 1. The van der Waals surface area contributed by atoms with Crippen LogP contribution in [0.3, 0.4) is 0 Å². The van der Waals surface area contributed by atoms with E-state index in [1.54, 1.807) is 0 Å². The number of aromatic nitrogens is 1. The molecule has 0 aliphatic carbocycles. The molecule has 1 aromatic heterocycles. The summed E-state index contributed by atoms with van der Waals surface area (Å²) in [7, 11) is 0. The summed E-state index contributed by atoms with van der Waals surface area (Å²) < 4.78 is 0. The summed E-state index contributed by atoms with van der Waals surface area (Å²) in [4.78, 5) is 8.10. The van der Waals surface area contributed by atoms with Crippen LogP contribution in [0.4, 0.5) is 5.69 Å². The monoisotopic (exact) mass is 349 g/mol. The van der Waals surface area contributed by atoms with Gasteiger partial charge in [-0.25, -0.2) is 0 Å². The summed E-state index contributed by atoms with van der Waals surface area (Å²) in [6.45, 7) is 9.03. The van der Waals surface area contributed by atoms with Gasteiger partial charge in [0.15, 0.2) is 0 Å². The maximum atomic E-state index is 10.7.